The van der Waals surface area contributed by atoms with Crippen LogP contribution in [0.2, 0.25) is 0 Å². The van der Waals surface area contributed by atoms with Gasteiger partial charge in [-0.1, -0.05) is 18.2 Å². The third-order valence-corrected chi connectivity index (χ3v) is 1.88. The lowest BCUT2D eigenvalue weighted by atomic mass is 10.0. The Labute approximate surface area is 90.9 Å². The molecule has 84 valence electrons. The molecule has 0 fully saturated rings. The van der Waals surface area contributed by atoms with Crippen LogP contribution in [0.15, 0.2) is 36.1 Å². The molecular formula is C12H9F3O. The lowest BCUT2D eigenvalue weighted by molar-refractivity contribution is -0.0687. The molecule has 0 amide bonds. The van der Waals surface area contributed by atoms with Crippen molar-refractivity contribution in [3.63, 3.8) is 0 Å². The molecule has 0 saturated heterocycles. The highest BCUT2D eigenvalue weighted by Gasteiger charge is 2.34. The normalized spacial score (nSPS) is 10.5. The van der Waals surface area contributed by atoms with E-state index in [1.807, 2.05) is 0 Å². The number of benzene rings is 1. The molecule has 0 bridgehead atoms. The van der Waals surface area contributed by atoms with Crippen LogP contribution < -0.4 is 0 Å². The third kappa shape index (κ3) is 2.84. The highest BCUT2D eigenvalue weighted by Crippen LogP contribution is 2.33. The molecule has 0 aromatic heterocycles. The fourth-order valence-corrected chi connectivity index (χ4v) is 1.24. The van der Waals surface area contributed by atoms with Gasteiger partial charge in [0.2, 0.25) is 0 Å². The van der Waals surface area contributed by atoms with Gasteiger partial charge in [0.1, 0.15) is 11.9 Å². The number of aldehydes is 1. The van der Waals surface area contributed by atoms with E-state index >= 15 is 0 Å². The largest absolute Gasteiger partial charge is 0.424 e. The molecule has 1 aromatic rings. The summed E-state index contributed by atoms with van der Waals surface area (Å²) < 4.78 is 37.9. The first-order valence-electron chi connectivity index (χ1n) is 4.53. The second-order valence-corrected chi connectivity index (χ2v) is 3.05. The van der Waals surface area contributed by atoms with E-state index < -0.39 is 11.7 Å². The summed E-state index contributed by atoms with van der Waals surface area (Å²) in [7, 11) is 0. The highest BCUT2D eigenvalue weighted by molar-refractivity contribution is 5.79. The molecule has 0 N–H and O–H groups in total. The maximum absolute atomic E-state index is 12.6. The standard InChI is InChI=1S/C12H9F3O/c1-2-4-11(12(13,14)15)10-6-3-5-9(7-10)8-16/h2-3,5-8H,1H3. The third-order valence-electron chi connectivity index (χ3n) is 1.88. The zero-order valence-corrected chi connectivity index (χ0v) is 8.51. The summed E-state index contributed by atoms with van der Waals surface area (Å²) in [6.45, 7) is 1.45. The summed E-state index contributed by atoms with van der Waals surface area (Å²) in [6.07, 6.45) is -2.78. The Balaban J connectivity index is 3.34. The number of carbonyl (C=O) groups excluding carboxylic acids is 1. The minimum Gasteiger partial charge on any atom is -0.298 e. The minimum atomic E-state index is -4.48. The van der Waals surface area contributed by atoms with Gasteiger partial charge in [0.05, 0.1) is 0 Å². The minimum absolute atomic E-state index is 0.0600. The van der Waals surface area contributed by atoms with E-state index in [0.29, 0.717) is 6.29 Å². The van der Waals surface area contributed by atoms with E-state index in [9.17, 15) is 18.0 Å². The first-order chi connectivity index (χ1) is 7.49. The van der Waals surface area contributed by atoms with Crippen molar-refractivity contribution in [2.75, 3.05) is 0 Å². The highest BCUT2D eigenvalue weighted by atomic mass is 19.4. The average Bonchev–Trinajstić information content (AvgIpc) is 2.24. The Kier molecular flexibility index (Phi) is 3.69. The van der Waals surface area contributed by atoms with Gasteiger partial charge in [0, 0.05) is 5.56 Å². The molecule has 1 rings (SSSR count). The van der Waals surface area contributed by atoms with Crippen LogP contribution in [-0.4, -0.2) is 12.5 Å². The first kappa shape index (κ1) is 12.3. The zero-order valence-electron chi connectivity index (χ0n) is 8.51. The molecule has 0 heterocycles. The quantitative estimate of drug-likeness (QED) is 0.556. The molecular weight excluding hydrogens is 217 g/mol. The second kappa shape index (κ2) is 4.81. The molecule has 0 aliphatic heterocycles. The van der Waals surface area contributed by atoms with Gasteiger partial charge in [-0.25, -0.2) is 0 Å². The summed E-state index contributed by atoms with van der Waals surface area (Å²) in [5, 5.41) is 0. The average molecular weight is 226 g/mol. The number of carbonyl (C=O) groups is 1. The van der Waals surface area contributed by atoms with Crippen molar-refractivity contribution in [2.24, 2.45) is 0 Å². The molecule has 4 heteroatoms. The van der Waals surface area contributed by atoms with E-state index in [1.54, 1.807) is 0 Å². The molecule has 0 aliphatic carbocycles. The van der Waals surface area contributed by atoms with Crippen molar-refractivity contribution in [2.45, 2.75) is 13.1 Å². The van der Waals surface area contributed by atoms with Crippen LogP contribution in [0.3, 0.4) is 0 Å². The molecule has 16 heavy (non-hydrogen) atoms. The summed E-state index contributed by atoms with van der Waals surface area (Å²) in [6, 6.07) is 5.33. The first-order valence-corrected chi connectivity index (χ1v) is 4.53. The van der Waals surface area contributed by atoms with Gasteiger partial charge in [-0.05, 0) is 24.6 Å². The Morgan fingerprint density at radius 1 is 1.38 bits per heavy atom. The topological polar surface area (TPSA) is 17.1 Å². The molecule has 0 aliphatic rings. The smallest absolute Gasteiger partial charge is 0.298 e. The molecule has 0 spiro atoms. The van der Waals surface area contributed by atoms with Crippen LogP contribution in [0.4, 0.5) is 13.2 Å². The van der Waals surface area contributed by atoms with Crippen molar-refractivity contribution in [3.8, 4) is 0 Å². The maximum atomic E-state index is 12.6. The van der Waals surface area contributed by atoms with E-state index in [2.05, 4.69) is 5.73 Å². The predicted octanol–water partition coefficient (Wildman–Crippen LogP) is 3.62. The van der Waals surface area contributed by atoms with Gasteiger partial charge in [-0.3, -0.25) is 4.79 Å². The number of alkyl halides is 3. The van der Waals surface area contributed by atoms with Gasteiger partial charge in [0.25, 0.3) is 0 Å². The molecule has 0 atom stereocenters. The number of allylic oxidation sites excluding steroid dienone is 1. The number of hydrogen-bond acceptors (Lipinski definition) is 1. The monoisotopic (exact) mass is 226 g/mol. The van der Waals surface area contributed by atoms with Gasteiger partial charge >= 0.3 is 6.18 Å². The lowest BCUT2D eigenvalue weighted by Gasteiger charge is -2.09. The van der Waals surface area contributed by atoms with Crippen molar-refractivity contribution in [1.29, 1.82) is 0 Å². The van der Waals surface area contributed by atoms with Gasteiger partial charge in [-0.2, -0.15) is 13.2 Å². The van der Waals surface area contributed by atoms with Crippen LogP contribution in [0.25, 0.3) is 5.57 Å². The lowest BCUT2D eigenvalue weighted by Crippen LogP contribution is -2.10. The summed E-state index contributed by atoms with van der Waals surface area (Å²) in [5.74, 6) is 0. The SMILES string of the molecule is CC=C=C(c1cccc(C=O)c1)C(F)(F)F. The molecule has 1 aromatic carbocycles. The van der Waals surface area contributed by atoms with Crippen LogP contribution >= 0.6 is 0 Å². The molecule has 0 unspecified atom stereocenters. The molecule has 0 saturated carbocycles. The van der Waals surface area contributed by atoms with Crippen molar-refractivity contribution in [3.05, 3.63) is 47.2 Å². The van der Waals surface area contributed by atoms with Gasteiger partial charge in [0.15, 0.2) is 0 Å². The number of halogens is 3. The molecule has 1 nitrogen and oxygen atoms in total. The van der Waals surface area contributed by atoms with Crippen LogP contribution in [0, 0.1) is 0 Å². The van der Waals surface area contributed by atoms with Crippen molar-refractivity contribution in [1.82, 2.24) is 0 Å². The van der Waals surface area contributed by atoms with Crippen LogP contribution in [0.5, 0.6) is 0 Å². The number of hydrogen-bond donors (Lipinski definition) is 0. The Hall–Kier alpha value is -1.80. The van der Waals surface area contributed by atoms with Crippen LogP contribution in [-0.2, 0) is 0 Å². The van der Waals surface area contributed by atoms with E-state index in [4.69, 9.17) is 0 Å². The predicted molar refractivity (Wildman–Crippen MR) is 55.0 cm³/mol. The van der Waals surface area contributed by atoms with E-state index in [0.717, 1.165) is 0 Å². The Bertz CT molecular complexity index is 452. The van der Waals surface area contributed by atoms with Crippen molar-refractivity contribution >= 4 is 11.9 Å². The van der Waals surface area contributed by atoms with Crippen molar-refractivity contribution < 1.29 is 18.0 Å². The number of rotatable bonds is 2. The summed E-state index contributed by atoms with van der Waals surface area (Å²) in [4.78, 5) is 10.5. The van der Waals surface area contributed by atoms with Gasteiger partial charge in [-0.15, -0.1) is 5.73 Å². The summed E-state index contributed by atoms with van der Waals surface area (Å²) >= 11 is 0. The van der Waals surface area contributed by atoms with Gasteiger partial charge < -0.3 is 0 Å². The van der Waals surface area contributed by atoms with E-state index in [1.165, 1.54) is 37.3 Å². The summed E-state index contributed by atoms with van der Waals surface area (Å²) in [5.41, 5.74) is 1.41. The Morgan fingerprint density at radius 2 is 2.06 bits per heavy atom. The van der Waals surface area contributed by atoms with E-state index in [-0.39, 0.29) is 11.1 Å². The fraction of sp³-hybridized carbons (Fsp3) is 0.167. The zero-order chi connectivity index (χ0) is 12.2. The van der Waals surface area contributed by atoms with Crippen LogP contribution in [0.1, 0.15) is 22.8 Å². The Morgan fingerprint density at radius 3 is 2.56 bits per heavy atom. The fourth-order valence-electron chi connectivity index (χ4n) is 1.24. The second-order valence-electron chi connectivity index (χ2n) is 3.05. The molecule has 0 radical (unpaired) electrons. The maximum Gasteiger partial charge on any atom is 0.424 e.